The molecule has 1 saturated heterocycles. The molecule has 3 rings (SSSR count). The number of fused-ring (bicyclic) bond motifs is 2. The monoisotopic (exact) mass is 229 g/mol. The van der Waals surface area contributed by atoms with E-state index in [1.807, 2.05) is 0 Å². The number of aryl methyl sites for hydroxylation is 2. The van der Waals surface area contributed by atoms with Crippen LogP contribution in [0.1, 0.15) is 41.5 Å². The van der Waals surface area contributed by atoms with Crippen molar-refractivity contribution < 1.29 is 0 Å². The highest BCUT2D eigenvalue weighted by Crippen LogP contribution is 2.48. The molecule has 1 aromatic carbocycles. The number of likely N-dealkylation sites (tertiary alicyclic amines) is 1. The second-order valence-corrected chi connectivity index (χ2v) is 6.14. The second-order valence-electron chi connectivity index (χ2n) is 6.14. The van der Waals surface area contributed by atoms with Gasteiger partial charge in [-0.05, 0) is 87.3 Å². The van der Waals surface area contributed by atoms with Crippen molar-refractivity contribution in [1.29, 1.82) is 0 Å². The molecule has 0 aromatic heterocycles. The van der Waals surface area contributed by atoms with Crippen molar-refractivity contribution in [3.63, 3.8) is 0 Å². The summed E-state index contributed by atoms with van der Waals surface area (Å²) in [6.45, 7) is 7.13. The quantitative estimate of drug-likeness (QED) is 0.660. The standard InChI is InChI=1S/C16H23N/c1-12-4-5-13(2)15-14(12)6-7-16(15)8-10-17(3)11-9-16/h4-5H,6-11H2,1-3H3. The Morgan fingerprint density at radius 1 is 1.00 bits per heavy atom. The number of nitrogens with zero attached hydrogens (tertiary/aromatic N) is 1. The van der Waals surface area contributed by atoms with Crippen LogP contribution in [0, 0.1) is 13.8 Å². The van der Waals surface area contributed by atoms with Gasteiger partial charge in [0.2, 0.25) is 0 Å². The van der Waals surface area contributed by atoms with Crippen LogP contribution in [0.25, 0.3) is 0 Å². The summed E-state index contributed by atoms with van der Waals surface area (Å²) in [5, 5.41) is 0. The first kappa shape index (κ1) is 11.3. The average Bonchev–Trinajstić information content (AvgIpc) is 2.69. The van der Waals surface area contributed by atoms with Gasteiger partial charge in [0.15, 0.2) is 0 Å². The summed E-state index contributed by atoms with van der Waals surface area (Å²) in [5.41, 5.74) is 6.98. The van der Waals surface area contributed by atoms with Crippen molar-refractivity contribution in [1.82, 2.24) is 4.90 Å². The van der Waals surface area contributed by atoms with Gasteiger partial charge in [-0.15, -0.1) is 0 Å². The summed E-state index contributed by atoms with van der Waals surface area (Å²) >= 11 is 0. The average molecular weight is 229 g/mol. The molecule has 1 nitrogen and oxygen atoms in total. The lowest BCUT2D eigenvalue weighted by Gasteiger charge is -2.39. The topological polar surface area (TPSA) is 3.24 Å². The molecule has 1 spiro atoms. The first-order valence-corrected chi connectivity index (χ1v) is 6.90. The summed E-state index contributed by atoms with van der Waals surface area (Å²) in [6.07, 6.45) is 5.43. The van der Waals surface area contributed by atoms with Crippen molar-refractivity contribution in [2.24, 2.45) is 0 Å². The largest absolute Gasteiger partial charge is 0.306 e. The Balaban J connectivity index is 2.06. The summed E-state index contributed by atoms with van der Waals surface area (Å²) < 4.78 is 0. The SMILES string of the molecule is Cc1ccc(C)c2c1CCC21CCN(C)CC1. The Morgan fingerprint density at radius 3 is 2.35 bits per heavy atom. The molecule has 0 amide bonds. The first-order valence-electron chi connectivity index (χ1n) is 6.90. The lowest BCUT2D eigenvalue weighted by Crippen LogP contribution is -2.39. The smallest absolute Gasteiger partial charge is 0.00133 e. The molecular weight excluding hydrogens is 206 g/mol. The second kappa shape index (κ2) is 3.84. The van der Waals surface area contributed by atoms with Crippen molar-refractivity contribution >= 4 is 0 Å². The van der Waals surface area contributed by atoms with E-state index in [1.165, 1.54) is 49.9 Å². The fourth-order valence-corrected chi connectivity index (χ4v) is 3.97. The highest BCUT2D eigenvalue weighted by Gasteiger charge is 2.41. The van der Waals surface area contributed by atoms with Crippen LogP contribution in [0.2, 0.25) is 0 Å². The predicted molar refractivity (Wildman–Crippen MR) is 72.6 cm³/mol. The van der Waals surface area contributed by atoms with Gasteiger partial charge < -0.3 is 4.90 Å². The van der Waals surface area contributed by atoms with Crippen molar-refractivity contribution in [3.8, 4) is 0 Å². The van der Waals surface area contributed by atoms with Crippen molar-refractivity contribution in [3.05, 3.63) is 34.4 Å². The highest BCUT2D eigenvalue weighted by atomic mass is 15.1. The Kier molecular flexibility index (Phi) is 2.55. The Morgan fingerprint density at radius 2 is 1.65 bits per heavy atom. The van der Waals surface area contributed by atoms with Gasteiger partial charge in [0.25, 0.3) is 0 Å². The molecule has 1 aliphatic heterocycles. The summed E-state index contributed by atoms with van der Waals surface area (Å²) in [4.78, 5) is 2.48. The maximum absolute atomic E-state index is 2.48. The molecule has 1 heteroatoms. The van der Waals surface area contributed by atoms with Gasteiger partial charge in [-0.1, -0.05) is 12.1 Å². The number of rotatable bonds is 0. The van der Waals surface area contributed by atoms with E-state index >= 15 is 0 Å². The number of hydrogen-bond acceptors (Lipinski definition) is 1. The number of hydrogen-bond donors (Lipinski definition) is 0. The number of benzene rings is 1. The van der Waals surface area contributed by atoms with Crippen LogP contribution < -0.4 is 0 Å². The third-order valence-electron chi connectivity index (χ3n) is 5.08. The van der Waals surface area contributed by atoms with Gasteiger partial charge in [0, 0.05) is 0 Å². The summed E-state index contributed by atoms with van der Waals surface area (Å²) in [6, 6.07) is 4.64. The predicted octanol–water partition coefficient (Wildman–Crippen LogP) is 3.21. The fraction of sp³-hybridized carbons (Fsp3) is 0.625. The van der Waals surface area contributed by atoms with Crippen molar-refractivity contribution in [2.75, 3.05) is 20.1 Å². The molecule has 0 unspecified atom stereocenters. The molecule has 0 N–H and O–H groups in total. The molecule has 1 aliphatic carbocycles. The van der Waals surface area contributed by atoms with Crippen LogP contribution >= 0.6 is 0 Å². The third kappa shape index (κ3) is 1.63. The van der Waals surface area contributed by atoms with E-state index in [2.05, 4.69) is 37.9 Å². The molecule has 1 heterocycles. The van der Waals surface area contributed by atoms with Crippen molar-refractivity contribution in [2.45, 2.75) is 44.9 Å². The third-order valence-corrected chi connectivity index (χ3v) is 5.08. The Labute approximate surface area is 105 Å². The molecule has 2 aliphatic rings. The molecule has 17 heavy (non-hydrogen) atoms. The van der Waals surface area contributed by atoms with Crippen LogP contribution in [0.15, 0.2) is 12.1 Å². The maximum Gasteiger partial charge on any atom is -0.00133 e. The molecule has 1 aromatic rings. The van der Waals surface area contributed by atoms with E-state index in [0.29, 0.717) is 5.41 Å². The maximum atomic E-state index is 2.48. The van der Waals surface area contributed by atoms with Gasteiger partial charge in [0.05, 0.1) is 0 Å². The molecule has 1 fully saturated rings. The molecule has 92 valence electrons. The molecule has 0 bridgehead atoms. The van der Waals surface area contributed by atoms with Crippen LogP contribution in [-0.4, -0.2) is 25.0 Å². The van der Waals surface area contributed by atoms with Gasteiger partial charge >= 0.3 is 0 Å². The molecule has 0 atom stereocenters. The van der Waals surface area contributed by atoms with E-state index in [9.17, 15) is 0 Å². The summed E-state index contributed by atoms with van der Waals surface area (Å²) in [7, 11) is 2.26. The lowest BCUT2D eigenvalue weighted by molar-refractivity contribution is 0.186. The lowest BCUT2D eigenvalue weighted by atomic mass is 9.72. The van der Waals surface area contributed by atoms with E-state index in [4.69, 9.17) is 0 Å². The van der Waals surface area contributed by atoms with E-state index in [-0.39, 0.29) is 0 Å². The Hall–Kier alpha value is -0.820. The van der Waals surface area contributed by atoms with Crippen LogP contribution in [-0.2, 0) is 11.8 Å². The Bertz CT molecular complexity index is 439. The van der Waals surface area contributed by atoms with E-state index < -0.39 is 0 Å². The zero-order valence-corrected chi connectivity index (χ0v) is 11.3. The van der Waals surface area contributed by atoms with Crippen LogP contribution in [0.4, 0.5) is 0 Å². The van der Waals surface area contributed by atoms with Gasteiger partial charge in [0.1, 0.15) is 0 Å². The van der Waals surface area contributed by atoms with E-state index in [1.54, 1.807) is 11.1 Å². The molecule has 0 saturated carbocycles. The van der Waals surface area contributed by atoms with Crippen LogP contribution in [0.5, 0.6) is 0 Å². The zero-order chi connectivity index (χ0) is 12.0. The zero-order valence-electron chi connectivity index (χ0n) is 11.3. The number of piperidine rings is 1. The van der Waals surface area contributed by atoms with Gasteiger partial charge in [-0.25, -0.2) is 0 Å². The summed E-state index contributed by atoms with van der Waals surface area (Å²) in [5.74, 6) is 0. The minimum Gasteiger partial charge on any atom is -0.306 e. The first-order chi connectivity index (χ1) is 8.12. The minimum absolute atomic E-state index is 0.526. The highest BCUT2D eigenvalue weighted by molar-refractivity contribution is 5.49. The van der Waals surface area contributed by atoms with Crippen LogP contribution in [0.3, 0.4) is 0 Å². The van der Waals surface area contributed by atoms with Gasteiger partial charge in [-0.3, -0.25) is 0 Å². The molecular formula is C16H23N. The minimum atomic E-state index is 0.526. The van der Waals surface area contributed by atoms with E-state index in [0.717, 1.165) is 0 Å². The molecule has 0 radical (unpaired) electrons. The normalized spacial score (nSPS) is 23.0. The van der Waals surface area contributed by atoms with Gasteiger partial charge in [-0.2, -0.15) is 0 Å². The fourth-order valence-electron chi connectivity index (χ4n) is 3.97.